The van der Waals surface area contributed by atoms with Gasteiger partial charge in [-0.15, -0.1) is 0 Å². The Bertz CT molecular complexity index is 122. The van der Waals surface area contributed by atoms with Crippen molar-refractivity contribution in [1.82, 2.24) is 4.90 Å². The molecule has 2 fully saturated rings. The maximum Gasteiger partial charge on any atom is 0.0182 e. The van der Waals surface area contributed by atoms with E-state index in [4.69, 9.17) is 5.73 Å². The first-order chi connectivity index (χ1) is 5.36. The number of hydrogen-bond acceptors (Lipinski definition) is 2. The maximum absolute atomic E-state index is 5.90. The summed E-state index contributed by atoms with van der Waals surface area (Å²) in [6.45, 7) is 2.46. The van der Waals surface area contributed by atoms with Gasteiger partial charge in [0.2, 0.25) is 0 Å². The number of nitrogens with two attached hydrogens (primary N) is 1. The lowest BCUT2D eigenvalue weighted by Crippen LogP contribution is -2.30. The number of rotatable bonds is 0. The zero-order chi connectivity index (χ0) is 7.68. The van der Waals surface area contributed by atoms with E-state index in [1.807, 2.05) is 0 Å². The molecule has 0 saturated carbocycles. The van der Waals surface area contributed by atoms with Crippen LogP contribution in [0.4, 0.5) is 0 Å². The summed E-state index contributed by atoms with van der Waals surface area (Å²) in [5, 5.41) is 0. The fourth-order valence-electron chi connectivity index (χ4n) is 2.47. The average Bonchev–Trinajstić information content (AvgIpc) is 2.17. The van der Waals surface area contributed by atoms with Gasteiger partial charge in [0.15, 0.2) is 0 Å². The Labute approximate surface area is 68.7 Å². The molecule has 0 spiro atoms. The van der Waals surface area contributed by atoms with Crippen molar-refractivity contribution in [2.24, 2.45) is 5.73 Å². The largest absolute Gasteiger partial charge is 0.326 e. The maximum atomic E-state index is 5.90. The molecule has 0 aromatic heterocycles. The third-order valence-corrected chi connectivity index (χ3v) is 3.04. The van der Waals surface area contributed by atoms with E-state index >= 15 is 0 Å². The summed E-state index contributed by atoms with van der Waals surface area (Å²) in [5.41, 5.74) is 5.90. The van der Waals surface area contributed by atoms with Crippen LogP contribution in [0.2, 0.25) is 0 Å². The van der Waals surface area contributed by atoms with Gasteiger partial charge in [-0.2, -0.15) is 0 Å². The SMILES string of the molecule is NC1CC2CCCCCN2C1. The summed E-state index contributed by atoms with van der Waals surface area (Å²) in [7, 11) is 0. The molecule has 2 saturated heterocycles. The molecule has 2 atom stereocenters. The summed E-state index contributed by atoms with van der Waals surface area (Å²) in [4.78, 5) is 2.59. The highest BCUT2D eigenvalue weighted by Gasteiger charge is 2.29. The van der Waals surface area contributed by atoms with Gasteiger partial charge < -0.3 is 5.73 Å². The quantitative estimate of drug-likeness (QED) is 0.563. The smallest absolute Gasteiger partial charge is 0.0182 e. The van der Waals surface area contributed by atoms with Gasteiger partial charge in [-0.25, -0.2) is 0 Å². The van der Waals surface area contributed by atoms with Crippen molar-refractivity contribution in [3.05, 3.63) is 0 Å². The minimum absolute atomic E-state index is 0.470. The third-order valence-electron chi connectivity index (χ3n) is 3.04. The summed E-state index contributed by atoms with van der Waals surface area (Å²) >= 11 is 0. The van der Waals surface area contributed by atoms with E-state index in [9.17, 15) is 0 Å². The Kier molecular flexibility index (Phi) is 2.14. The molecule has 0 radical (unpaired) electrons. The van der Waals surface area contributed by atoms with Crippen LogP contribution in [0.3, 0.4) is 0 Å². The average molecular weight is 154 g/mol. The number of nitrogens with zero attached hydrogens (tertiary/aromatic N) is 1. The van der Waals surface area contributed by atoms with E-state index < -0.39 is 0 Å². The second kappa shape index (κ2) is 3.11. The van der Waals surface area contributed by atoms with Gasteiger partial charge in [0.1, 0.15) is 0 Å². The summed E-state index contributed by atoms with van der Waals surface area (Å²) in [6, 6.07) is 1.31. The molecule has 2 unspecified atom stereocenters. The molecular formula is C9H18N2. The third kappa shape index (κ3) is 1.57. The van der Waals surface area contributed by atoms with Crippen LogP contribution in [0.25, 0.3) is 0 Å². The van der Waals surface area contributed by atoms with Crippen LogP contribution in [0.1, 0.15) is 32.1 Å². The van der Waals surface area contributed by atoms with Gasteiger partial charge >= 0.3 is 0 Å². The first kappa shape index (κ1) is 7.56. The lowest BCUT2D eigenvalue weighted by Gasteiger charge is -2.20. The lowest BCUT2D eigenvalue weighted by molar-refractivity contribution is 0.259. The van der Waals surface area contributed by atoms with Crippen molar-refractivity contribution in [3.8, 4) is 0 Å². The molecule has 2 N–H and O–H groups in total. The Balaban J connectivity index is 1.96. The van der Waals surface area contributed by atoms with Crippen LogP contribution in [0, 0.1) is 0 Å². The Hall–Kier alpha value is -0.0800. The zero-order valence-electron chi connectivity index (χ0n) is 7.13. The normalized spacial score (nSPS) is 40.1. The van der Waals surface area contributed by atoms with Crippen LogP contribution in [-0.4, -0.2) is 30.1 Å². The monoisotopic (exact) mass is 154 g/mol. The fourth-order valence-corrected chi connectivity index (χ4v) is 2.47. The molecule has 0 amide bonds. The molecule has 11 heavy (non-hydrogen) atoms. The zero-order valence-corrected chi connectivity index (χ0v) is 7.13. The van der Waals surface area contributed by atoms with Crippen LogP contribution < -0.4 is 5.73 Å². The standard InChI is InChI=1S/C9H18N2/c10-8-6-9-4-2-1-3-5-11(9)7-8/h8-9H,1-7,10H2. The highest BCUT2D eigenvalue weighted by molar-refractivity contribution is 4.88. The van der Waals surface area contributed by atoms with Crippen molar-refractivity contribution in [2.75, 3.05) is 13.1 Å². The van der Waals surface area contributed by atoms with E-state index in [1.165, 1.54) is 38.6 Å². The van der Waals surface area contributed by atoms with Gasteiger partial charge in [-0.3, -0.25) is 4.90 Å². The van der Waals surface area contributed by atoms with Crippen molar-refractivity contribution < 1.29 is 0 Å². The topological polar surface area (TPSA) is 29.3 Å². The van der Waals surface area contributed by atoms with Crippen LogP contribution >= 0.6 is 0 Å². The highest BCUT2D eigenvalue weighted by atomic mass is 15.2. The van der Waals surface area contributed by atoms with E-state index in [0.717, 1.165) is 12.6 Å². The fraction of sp³-hybridized carbons (Fsp3) is 1.00. The van der Waals surface area contributed by atoms with Crippen molar-refractivity contribution in [2.45, 2.75) is 44.2 Å². The molecular weight excluding hydrogens is 136 g/mol. The van der Waals surface area contributed by atoms with Gasteiger partial charge in [0, 0.05) is 18.6 Å². The lowest BCUT2D eigenvalue weighted by atomic mass is 10.1. The Morgan fingerprint density at radius 1 is 1.18 bits per heavy atom. The van der Waals surface area contributed by atoms with Gasteiger partial charge in [0.05, 0.1) is 0 Å². The second-order valence-corrected chi connectivity index (χ2v) is 3.99. The molecule has 2 heteroatoms. The predicted molar refractivity (Wildman–Crippen MR) is 46.4 cm³/mol. The molecule has 0 aliphatic carbocycles. The Morgan fingerprint density at radius 2 is 2.09 bits per heavy atom. The summed E-state index contributed by atoms with van der Waals surface area (Å²) in [5.74, 6) is 0. The number of hydrogen-bond donors (Lipinski definition) is 1. The summed E-state index contributed by atoms with van der Waals surface area (Å²) in [6.07, 6.45) is 6.90. The van der Waals surface area contributed by atoms with E-state index in [1.54, 1.807) is 0 Å². The minimum atomic E-state index is 0.470. The van der Waals surface area contributed by atoms with E-state index in [0.29, 0.717) is 6.04 Å². The Morgan fingerprint density at radius 3 is 3.00 bits per heavy atom. The molecule has 2 aliphatic rings. The first-order valence-electron chi connectivity index (χ1n) is 4.86. The highest BCUT2D eigenvalue weighted by Crippen LogP contribution is 2.25. The van der Waals surface area contributed by atoms with Crippen molar-refractivity contribution in [1.29, 1.82) is 0 Å². The van der Waals surface area contributed by atoms with Gasteiger partial charge in [-0.05, 0) is 25.8 Å². The van der Waals surface area contributed by atoms with E-state index in [-0.39, 0.29) is 0 Å². The van der Waals surface area contributed by atoms with Crippen molar-refractivity contribution in [3.63, 3.8) is 0 Å². The second-order valence-electron chi connectivity index (χ2n) is 3.99. The van der Waals surface area contributed by atoms with E-state index in [2.05, 4.69) is 4.90 Å². The van der Waals surface area contributed by atoms with Gasteiger partial charge in [0.25, 0.3) is 0 Å². The molecule has 2 aliphatic heterocycles. The first-order valence-corrected chi connectivity index (χ1v) is 4.86. The molecule has 64 valence electrons. The van der Waals surface area contributed by atoms with Crippen LogP contribution in [0.15, 0.2) is 0 Å². The minimum Gasteiger partial charge on any atom is -0.326 e. The molecule has 0 aromatic carbocycles. The molecule has 2 heterocycles. The van der Waals surface area contributed by atoms with Crippen molar-refractivity contribution >= 4 is 0 Å². The molecule has 2 nitrogen and oxygen atoms in total. The number of fused-ring (bicyclic) bond motifs is 1. The molecule has 0 aromatic rings. The summed E-state index contributed by atoms with van der Waals surface area (Å²) < 4.78 is 0. The molecule has 0 bridgehead atoms. The predicted octanol–water partition coefficient (Wildman–Crippen LogP) is 0.962. The van der Waals surface area contributed by atoms with Gasteiger partial charge in [-0.1, -0.05) is 12.8 Å². The van der Waals surface area contributed by atoms with Crippen LogP contribution in [-0.2, 0) is 0 Å². The van der Waals surface area contributed by atoms with Crippen LogP contribution in [0.5, 0.6) is 0 Å². The molecule has 2 rings (SSSR count).